The molecule has 0 fully saturated rings. The molecule has 0 bridgehead atoms. The first-order valence-electron chi connectivity index (χ1n) is 9.61. The van der Waals surface area contributed by atoms with Gasteiger partial charge in [0, 0.05) is 5.92 Å². The molecule has 3 aromatic rings. The smallest absolute Gasteiger partial charge is 0.119 e. The number of fused-ring (bicyclic) bond motifs is 3. The van der Waals surface area contributed by atoms with Crippen LogP contribution >= 0.6 is 0 Å². The van der Waals surface area contributed by atoms with E-state index in [1.807, 2.05) is 12.1 Å². The summed E-state index contributed by atoms with van der Waals surface area (Å²) in [6.07, 6.45) is 4.92. The lowest BCUT2D eigenvalue weighted by Gasteiger charge is -2.15. The second kappa shape index (κ2) is 7.78. The maximum absolute atomic E-state index is 5.90. The molecule has 1 aliphatic rings. The van der Waals surface area contributed by atoms with E-state index < -0.39 is 0 Å². The number of rotatable bonds is 7. The van der Waals surface area contributed by atoms with Crippen molar-refractivity contribution in [3.63, 3.8) is 0 Å². The van der Waals surface area contributed by atoms with Gasteiger partial charge in [-0.2, -0.15) is 0 Å². The minimum Gasteiger partial charge on any atom is -0.494 e. The number of hydrogen-bond acceptors (Lipinski definition) is 1. The van der Waals surface area contributed by atoms with Gasteiger partial charge in [0.2, 0.25) is 0 Å². The number of benzene rings is 3. The van der Waals surface area contributed by atoms with Crippen molar-refractivity contribution in [2.75, 3.05) is 6.61 Å². The summed E-state index contributed by atoms with van der Waals surface area (Å²) >= 11 is 0. The molecular weight excluding hydrogens is 316 g/mol. The molecule has 0 spiro atoms. The topological polar surface area (TPSA) is 9.23 Å². The van der Waals surface area contributed by atoms with Crippen LogP contribution in [0.3, 0.4) is 0 Å². The highest BCUT2D eigenvalue weighted by atomic mass is 16.5. The molecule has 26 heavy (non-hydrogen) atoms. The van der Waals surface area contributed by atoms with Crippen LogP contribution in [0.5, 0.6) is 5.75 Å². The van der Waals surface area contributed by atoms with E-state index in [-0.39, 0.29) is 5.92 Å². The second-order valence-corrected chi connectivity index (χ2v) is 6.94. The molecule has 0 unspecified atom stereocenters. The molecular formula is C25H24O. The summed E-state index contributed by atoms with van der Waals surface area (Å²) in [5.74, 6) is 1.22. The fourth-order valence-electron chi connectivity index (χ4n) is 3.86. The Balaban J connectivity index is 1.54. The Kier molecular flexibility index (Phi) is 5.06. The molecule has 0 saturated heterocycles. The van der Waals surface area contributed by atoms with Gasteiger partial charge in [0.1, 0.15) is 5.75 Å². The van der Waals surface area contributed by atoms with E-state index in [9.17, 15) is 0 Å². The lowest BCUT2D eigenvalue weighted by molar-refractivity contribution is 0.305. The van der Waals surface area contributed by atoms with Crippen molar-refractivity contribution in [3.05, 3.63) is 89.5 Å². The highest BCUT2D eigenvalue weighted by molar-refractivity contribution is 5.80. The average molecular weight is 340 g/mol. The summed E-state index contributed by atoms with van der Waals surface area (Å²) in [4.78, 5) is 0. The molecule has 0 N–H and O–H groups in total. The van der Waals surface area contributed by atoms with Crippen molar-refractivity contribution in [3.8, 4) is 16.9 Å². The van der Waals surface area contributed by atoms with Crippen LogP contribution in [-0.2, 0) is 0 Å². The highest BCUT2D eigenvalue weighted by Gasteiger charge is 2.29. The second-order valence-electron chi connectivity index (χ2n) is 6.94. The van der Waals surface area contributed by atoms with E-state index in [1.165, 1.54) is 47.1 Å². The molecule has 0 amide bonds. The minimum absolute atomic E-state index is 0.258. The summed E-state index contributed by atoms with van der Waals surface area (Å²) < 4.78 is 5.90. The molecule has 0 aromatic heterocycles. The Morgan fingerprint density at radius 1 is 0.808 bits per heavy atom. The first kappa shape index (κ1) is 16.9. The quantitative estimate of drug-likeness (QED) is 0.353. The van der Waals surface area contributed by atoms with Crippen LogP contribution in [-0.4, -0.2) is 6.61 Å². The van der Waals surface area contributed by atoms with E-state index in [1.54, 1.807) is 0 Å². The van der Waals surface area contributed by atoms with Crippen LogP contribution in [0.25, 0.3) is 11.1 Å². The average Bonchev–Trinajstić information content (AvgIpc) is 3.03. The van der Waals surface area contributed by atoms with Gasteiger partial charge < -0.3 is 4.74 Å². The summed E-state index contributed by atoms with van der Waals surface area (Å²) in [5.41, 5.74) is 6.58. The zero-order valence-electron chi connectivity index (χ0n) is 15.3. The van der Waals surface area contributed by atoms with E-state index in [0.717, 1.165) is 18.8 Å². The van der Waals surface area contributed by atoms with Crippen LogP contribution in [0.2, 0.25) is 0 Å². The van der Waals surface area contributed by atoms with Crippen molar-refractivity contribution in [2.45, 2.75) is 38.5 Å². The van der Waals surface area contributed by atoms with Crippen molar-refractivity contribution in [2.24, 2.45) is 0 Å². The first-order valence-corrected chi connectivity index (χ1v) is 9.61. The third-order valence-electron chi connectivity index (χ3n) is 5.18. The van der Waals surface area contributed by atoms with Gasteiger partial charge in [0.25, 0.3) is 0 Å². The molecule has 2 radical (unpaired) electrons. The summed E-state index contributed by atoms with van der Waals surface area (Å²) in [7, 11) is 0. The van der Waals surface area contributed by atoms with E-state index in [0.29, 0.717) is 0 Å². The van der Waals surface area contributed by atoms with Gasteiger partial charge in [-0.05, 0) is 70.6 Å². The van der Waals surface area contributed by atoms with E-state index >= 15 is 0 Å². The Morgan fingerprint density at radius 3 is 2.08 bits per heavy atom. The lowest BCUT2D eigenvalue weighted by atomic mass is 9.89. The lowest BCUT2D eigenvalue weighted by Crippen LogP contribution is -2.00. The van der Waals surface area contributed by atoms with Crippen LogP contribution in [0.4, 0.5) is 0 Å². The Hall–Kier alpha value is -2.54. The van der Waals surface area contributed by atoms with Crippen LogP contribution in [0.1, 0.15) is 55.2 Å². The van der Waals surface area contributed by atoms with Crippen LogP contribution in [0.15, 0.2) is 60.7 Å². The number of ether oxygens (including phenoxy) is 1. The fourth-order valence-corrected chi connectivity index (χ4v) is 3.86. The predicted molar refractivity (Wildman–Crippen MR) is 107 cm³/mol. The maximum atomic E-state index is 5.90. The van der Waals surface area contributed by atoms with Crippen molar-refractivity contribution in [1.29, 1.82) is 0 Å². The SMILES string of the molecule is CCCCCCOc1ccc(C2c3c[c]ccc3-c3cc[c]cc32)cc1. The van der Waals surface area contributed by atoms with Crippen LogP contribution in [0, 0.1) is 12.1 Å². The molecule has 0 atom stereocenters. The molecule has 1 heteroatoms. The predicted octanol–water partition coefficient (Wildman–Crippen LogP) is 6.41. The molecule has 130 valence electrons. The Morgan fingerprint density at radius 2 is 1.46 bits per heavy atom. The first-order chi connectivity index (χ1) is 12.9. The standard InChI is InChI=1S/C25H24O/c1-2-3-4-9-18-26-20-16-14-19(15-17-20)25-23-12-7-5-10-21(23)22-11-6-8-13-24(22)25/h5-6,10-17,25H,2-4,9,18H2,1H3. The van der Waals surface area contributed by atoms with Gasteiger partial charge >= 0.3 is 0 Å². The van der Waals surface area contributed by atoms with Crippen molar-refractivity contribution >= 4 is 0 Å². The van der Waals surface area contributed by atoms with Crippen molar-refractivity contribution < 1.29 is 4.74 Å². The normalized spacial score (nSPS) is 12.7. The monoisotopic (exact) mass is 340 g/mol. The van der Waals surface area contributed by atoms with Gasteiger partial charge in [-0.1, -0.05) is 62.6 Å². The Bertz CT molecular complexity index is 818. The largest absolute Gasteiger partial charge is 0.494 e. The van der Waals surface area contributed by atoms with Crippen LogP contribution < -0.4 is 4.74 Å². The maximum Gasteiger partial charge on any atom is 0.119 e. The molecule has 4 rings (SSSR count). The molecule has 0 aliphatic heterocycles. The van der Waals surface area contributed by atoms with Gasteiger partial charge in [-0.3, -0.25) is 0 Å². The molecule has 3 aromatic carbocycles. The summed E-state index contributed by atoms with van der Waals surface area (Å²) in [6.45, 7) is 3.03. The van der Waals surface area contributed by atoms with E-state index in [4.69, 9.17) is 4.74 Å². The third kappa shape index (κ3) is 3.26. The summed E-state index contributed by atoms with van der Waals surface area (Å²) in [6, 6.07) is 27.7. The summed E-state index contributed by atoms with van der Waals surface area (Å²) in [5, 5.41) is 0. The van der Waals surface area contributed by atoms with E-state index in [2.05, 4.69) is 67.6 Å². The molecule has 1 nitrogen and oxygen atoms in total. The zero-order chi connectivity index (χ0) is 17.8. The van der Waals surface area contributed by atoms with Gasteiger partial charge in [-0.25, -0.2) is 0 Å². The van der Waals surface area contributed by atoms with Gasteiger partial charge in [0.15, 0.2) is 0 Å². The number of hydrogen-bond donors (Lipinski definition) is 0. The van der Waals surface area contributed by atoms with Crippen molar-refractivity contribution in [1.82, 2.24) is 0 Å². The fraction of sp³-hybridized carbons (Fsp3) is 0.280. The number of unbranched alkanes of at least 4 members (excludes halogenated alkanes) is 3. The third-order valence-corrected chi connectivity index (χ3v) is 5.18. The highest BCUT2D eigenvalue weighted by Crippen LogP contribution is 2.47. The molecule has 1 aliphatic carbocycles. The zero-order valence-corrected chi connectivity index (χ0v) is 15.3. The Labute approximate surface area is 156 Å². The molecule has 0 heterocycles. The molecule has 0 saturated carbocycles. The van der Waals surface area contributed by atoms with Gasteiger partial charge in [-0.15, -0.1) is 0 Å². The van der Waals surface area contributed by atoms with Gasteiger partial charge in [0.05, 0.1) is 6.61 Å². The minimum atomic E-state index is 0.258.